The maximum atomic E-state index is 13.4. The zero-order valence-electron chi connectivity index (χ0n) is 15.6. The van der Waals surface area contributed by atoms with Crippen LogP contribution >= 0.6 is 11.6 Å². The molecule has 28 heavy (non-hydrogen) atoms. The number of ether oxygens (including phenoxy) is 1. The number of amides is 1. The second-order valence-electron chi connectivity index (χ2n) is 7.20. The summed E-state index contributed by atoms with van der Waals surface area (Å²) in [6.45, 7) is -0.150. The number of carbonyl (C=O) groups is 2. The van der Waals surface area contributed by atoms with Gasteiger partial charge in [0.25, 0.3) is 5.91 Å². The lowest BCUT2D eigenvalue weighted by molar-refractivity contribution is -0.140. The predicted molar refractivity (Wildman–Crippen MR) is 109 cm³/mol. The third kappa shape index (κ3) is 3.80. The van der Waals surface area contributed by atoms with E-state index in [0.29, 0.717) is 23.0 Å². The van der Waals surface area contributed by atoms with Gasteiger partial charge in [-0.3, -0.25) is 19.5 Å². The van der Waals surface area contributed by atoms with Crippen LogP contribution in [0.2, 0.25) is 5.02 Å². The lowest BCUT2D eigenvalue weighted by Crippen LogP contribution is -2.41. The second kappa shape index (κ2) is 7.76. The second-order valence-corrected chi connectivity index (χ2v) is 7.64. The predicted octanol–water partition coefficient (Wildman–Crippen LogP) is 3.87. The van der Waals surface area contributed by atoms with Crippen LogP contribution in [-0.2, 0) is 14.3 Å². The Bertz CT molecular complexity index is 938. The molecule has 0 aromatic heterocycles. The molecule has 0 saturated heterocycles. The van der Waals surface area contributed by atoms with E-state index in [2.05, 4.69) is 0 Å². The first-order chi connectivity index (χ1) is 13.6. The van der Waals surface area contributed by atoms with Gasteiger partial charge in [-0.25, -0.2) is 0 Å². The number of benzene rings is 2. The van der Waals surface area contributed by atoms with Crippen LogP contribution in [-0.4, -0.2) is 37.3 Å². The summed E-state index contributed by atoms with van der Waals surface area (Å²) in [4.78, 5) is 31.8. The van der Waals surface area contributed by atoms with Gasteiger partial charge in [-0.15, -0.1) is 0 Å². The topological polar surface area (TPSA) is 59.0 Å². The first kappa shape index (κ1) is 18.7. The van der Waals surface area contributed by atoms with Crippen LogP contribution in [0.25, 0.3) is 0 Å². The van der Waals surface area contributed by atoms with Crippen molar-refractivity contribution in [2.75, 3.05) is 18.6 Å². The summed E-state index contributed by atoms with van der Waals surface area (Å²) in [7, 11) is 1.32. The highest BCUT2D eigenvalue weighted by Crippen LogP contribution is 2.37. The fraction of sp³-hybridized carbons (Fsp3) is 0.318. The lowest BCUT2D eigenvalue weighted by atomic mass is 10.00. The number of anilines is 1. The van der Waals surface area contributed by atoms with E-state index < -0.39 is 12.0 Å². The van der Waals surface area contributed by atoms with Gasteiger partial charge >= 0.3 is 5.97 Å². The zero-order valence-corrected chi connectivity index (χ0v) is 16.4. The van der Waals surface area contributed by atoms with Crippen molar-refractivity contribution in [2.24, 2.45) is 10.9 Å². The first-order valence-corrected chi connectivity index (χ1v) is 9.76. The Kier molecular flexibility index (Phi) is 5.18. The van der Waals surface area contributed by atoms with Crippen LogP contribution in [0.5, 0.6) is 0 Å². The third-order valence-corrected chi connectivity index (χ3v) is 5.39. The molecule has 0 N–H and O–H groups in total. The average Bonchev–Trinajstić information content (AvgIpc) is 3.54. The molecule has 1 aliphatic heterocycles. The molecule has 144 valence electrons. The lowest BCUT2D eigenvalue weighted by Gasteiger charge is -2.24. The number of esters is 1. The third-order valence-electron chi connectivity index (χ3n) is 5.16. The summed E-state index contributed by atoms with van der Waals surface area (Å²) in [5.74, 6) is -0.131. The van der Waals surface area contributed by atoms with E-state index in [-0.39, 0.29) is 12.5 Å². The molecule has 0 bridgehead atoms. The molecular formula is C22H21ClN2O3. The summed E-state index contributed by atoms with van der Waals surface area (Å²) >= 11 is 6.28. The highest BCUT2D eigenvalue weighted by Gasteiger charge is 2.36. The Labute approximate surface area is 169 Å². The van der Waals surface area contributed by atoms with Crippen molar-refractivity contribution in [2.45, 2.75) is 25.3 Å². The zero-order chi connectivity index (χ0) is 19.7. The van der Waals surface area contributed by atoms with E-state index in [1.807, 2.05) is 30.3 Å². The van der Waals surface area contributed by atoms with Gasteiger partial charge in [-0.1, -0.05) is 54.8 Å². The Morgan fingerprint density at radius 3 is 2.64 bits per heavy atom. The van der Waals surface area contributed by atoms with Crippen LogP contribution in [0.1, 0.15) is 30.4 Å². The van der Waals surface area contributed by atoms with Crippen molar-refractivity contribution >= 4 is 34.9 Å². The van der Waals surface area contributed by atoms with Gasteiger partial charge in [0, 0.05) is 16.1 Å². The minimum atomic E-state index is -0.529. The number of methoxy groups -OCH3 is 1. The van der Waals surface area contributed by atoms with Crippen molar-refractivity contribution in [1.29, 1.82) is 0 Å². The Hall–Kier alpha value is -2.66. The molecule has 1 atom stereocenters. The van der Waals surface area contributed by atoms with E-state index in [1.54, 1.807) is 18.2 Å². The van der Waals surface area contributed by atoms with Gasteiger partial charge in [0.05, 0.1) is 18.5 Å². The molecule has 1 heterocycles. The van der Waals surface area contributed by atoms with Gasteiger partial charge in [-0.05, 0) is 30.5 Å². The SMILES string of the molecule is COC(=O)CN1C(=O)[C@H](CC2CC2)N=C(c2ccccc2)c2cc(Cl)ccc21. The van der Waals surface area contributed by atoms with Crippen LogP contribution in [0.15, 0.2) is 53.5 Å². The fourth-order valence-corrected chi connectivity index (χ4v) is 3.69. The van der Waals surface area contributed by atoms with E-state index in [4.69, 9.17) is 21.3 Å². The summed E-state index contributed by atoms with van der Waals surface area (Å²) in [6, 6.07) is 14.5. The molecule has 6 heteroatoms. The molecule has 2 aliphatic rings. The number of halogens is 1. The van der Waals surface area contributed by atoms with Gasteiger partial charge in [-0.2, -0.15) is 0 Å². The standard InChI is InChI=1S/C22H21ClN2O3/c1-28-20(26)13-25-19-10-9-16(23)12-17(19)21(15-5-3-2-4-6-15)24-18(22(25)27)11-14-7-8-14/h2-6,9-10,12,14,18H,7-8,11,13H2,1H3/t18-/m0/s1. The molecule has 0 radical (unpaired) electrons. The number of carbonyl (C=O) groups excluding carboxylic acids is 2. The number of fused-ring (bicyclic) bond motifs is 1. The smallest absolute Gasteiger partial charge is 0.325 e. The molecule has 2 aromatic rings. The number of hydrogen-bond donors (Lipinski definition) is 0. The molecule has 0 unspecified atom stereocenters. The largest absolute Gasteiger partial charge is 0.468 e. The summed E-state index contributed by atoms with van der Waals surface area (Å²) < 4.78 is 4.82. The maximum absolute atomic E-state index is 13.4. The average molecular weight is 397 g/mol. The van der Waals surface area contributed by atoms with Crippen molar-refractivity contribution in [3.63, 3.8) is 0 Å². The summed E-state index contributed by atoms with van der Waals surface area (Å²) in [5, 5.41) is 0.550. The van der Waals surface area contributed by atoms with E-state index in [9.17, 15) is 9.59 Å². The number of aliphatic imine (C=N–C) groups is 1. The quantitative estimate of drug-likeness (QED) is 0.721. The van der Waals surface area contributed by atoms with Crippen molar-refractivity contribution in [1.82, 2.24) is 0 Å². The minimum absolute atomic E-state index is 0.150. The highest BCUT2D eigenvalue weighted by atomic mass is 35.5. The number of hydrogen-bond acceptors (Lipinski definition) is 4. The Balaban J connectivity index is 1.87. The highest BCUT2D eigenvalue weighted by molar-refractivity contribution is 6.32. The van der Waals surface area contributed by atoms with Crippen LogP contribution in [0, 0.1) is 5.92 Å². The number of rotatable bonds is 5. The summed E-state index contributed by atoms with van der Waals surface area (Å²) in [6.07, 6.45) is 2.93. The fourth-order valence-electron chi connectivity index (χ4n) is 3.52. The van der Waals surface area contributed by atoms with E-state index >= 15 is 0 Å². The van der Waals surface area contributed by atoms with Gasteiger partial charge < -0.3 is 4.74 Å². The van der Waals surface area contributed by atoms with E-state index in [0.717, 1.165) is 29.7 Å². The Morgan fingerprint density at radius 2 is 1.96 bits per heavy atom. The molecular weight excluding hydrogens is 376 g/mol. The van der Waals surface area contributed by atoms with Crippen molar-refractivity contribution in [3.8, 4) is 0 Å². The summed E-state index contributed by atoms with van der Waals surface area (Å²) in [5.41, 5.74) is 3.01. The van der Waals surface area contributed by atoms with E-state index in [1.165, 1.54) is 12.0 Å². The van der Waals surface area contributed by atoms with Crippen LogP contribution in [0.3, 0.4) is 0 Å². The molecule has 2 aromatic carbocycles. The molecule has 4 rings (SSSR count). The van der Waals surface area contributed by atoms with Gasteiger partial charge in [0.2, 0.25) is 0 Å². The number of benzodiazepines with no additional fused rings is 1. The molecule has 0 spiro atoms. The molecule has 1 fully saturated rings. The number of nitrogens with zero attached hydrogens (tertiary/aromatic N) is 2. The maximum Gasteiger partial charge on any atom is 0.325 e. The molecule has 1 saturated carbocycles. The van der Waals surface area contributed by atoms with Crippen LogP contribution < -0.4 is 4.90 Å². The first-order valence-electron chi connectivity index (χ1n) is 9.38. The van der Waals surface area contributed by atoms with Crippen molar-refractivity contribution < 1.29 is 14.3 Å². The normalized spacial score (nSPS) is 18.9. The van der Waals surface area contributed by atoms with Crippen LogP contribution in [0.4, 0.5) is 5.69 Å². The monoisotopic (exact) mass is 396 g/mol. The molecule has 1 amide bonds. The van der Waals surface area contributed by atoms with Gasteiger partial charge in [0.1, 0.15) is 12.6 Å². The molecule has 1 aliphatic carbocycles. The van der Waals surface area contributed by atoms with Gasteiger partial charge in [0.15, 0.2) is 0 Å². The molecule has 5 nitrogen and oxygen atoms in total. The Morgan fingerprint density at radius 1 is 1.21 bits per heavy atom. The minimum Gasteiger partial charge on any atom is -0.468 e. The van der Waals surface area contributed by atoms with Crippen molar-refractivity contribution in [3.05, 3.63) is 64.7 Å².